The van der Waals surface area contributed by atoms with E-state index in [1.165, 1.54) is 12.1 Å². The second kappa shape index (κ2) is 7.86. The van der Waals surface area contributed by atoms with Crippen molar-refractivity contribution in [2.45, 2.75) is 32.9 Å². The number of aromatic amines is 1. The SMILES string of the molecule is Cc1ccc(NC(=O)c2cccc(C(F)(F)F)c2)cc1-c1nc2n[nH]c(N)c2c2c1CC(C)C2. The lowest BCUT2D eigenvalue weighted by Gasteiger charge is -2.14. The number of fused-ring (bicyclic) bond motifs is 3. The molecule has 0 spiro atoms. The third-order valence-corrected chi connectivity index (χ3v) is 6.25. The molecule has 1 aliphatic carbocycles. The van der Waals surface area contributed by atoms with E-state index in [-0.39, 0.29) is 5.56 Å². The van der Waals surface area contributed by atoms with Crippen LogP contribution in [0, 0.1) is 12.8 Å². The Balaban J connectivity index is 1.53. The van der Waals surface area contributed by atoms with Crippen LogP contribution in [0.1, 0.15) is 39.5 Å². The van der Waals surface area contributed by atoms with Gasteiger partial charge in [0.05, 0.1) is 16.6 Å². The van der Waals surface area contributed by atoms with Crippen LogP contribution < -0.4 is 11.1 Å². The number of nitrogens with one attached hydrogen (secondary N) is 2. The van der Waals surface area contributed by atoms with Gasteiger partial charge in [-0.1, -0.05) is 19.1 Å². The minimum atomic E-state index is -4.52. The van der Waals surface area contributed by atoms with Gasteiger partial charge in [0.2, 0.25) is 0 Å². The summed E-state index contributed by atoms with van der Waals surface area (Å²) in [6.07, 6.45) is -2.81. The van der Waals surface area contributed by atoms with Gasteiger partial charge in [-0.15, -0.1) is 0 Å². The number of hydrogen-bond donors (Lipinski definition) is 3. The predicted molar refractivity (Wildman–Crippen MR) is 124 cm³/mol. The van der Waals surface area contributed by atoms with E-state index in [0.717, 1.165) is 58.3 Å². The van der Waals surface area contributed by atoms with Crippen LogP contribution in [0.5, 0.6) is 0 Å². The number of amides is 1. The van der Waals surface area contributed by atoms with E-state index in [0.29, 0.717) is 23.1 Å². The molecule has 5 rings (SSSR count). The number of rotatable bonds is 3. The Morgan fingerprint density at radius 3 is 2.68 bits per heavy atom. The lowest BCUT2D eigenvalue weighted by Crippen LogP contribution is -2.14. The van der Waals surface area contributed by atoms with Crippen LogP contribution in [0.4, 0.5) is 24.7 Å². The molecule has 174 valence electrons. The summed E-state index contributed by atoms with van der Waals surface area (Å²) in [5, 5.41) is 10.6. The van der Waals surface area contributed by atoms with Crippen LogP contribution in [0.3, 0.4) is 0 Å². The summed E-state index contributed by atoms with van der Waals surface area (Å²) < 4.78 is 39.1. The molecule has 0 saturated heterocycles. The summed E-state index contributed by atoms with van der Waals surface area (Å²) >= 11 is 0. The Kier molecular flexibility index (Phi) is 5.07. The number of H-pyrrole nitrogens is 1. The lowest BCUT2D eigenvalue weighted by molar-refractivity contribution is -0.137. The fraction of sp³-hybridized carbons (Fsp3) is 0.240. The van der Waals surface area contributed by atoms with Gasteiger partial charge in [-0.25, -0.2) is 4.98 Å². The molecule has 1 aliphatic rings. The maximum absolute atomic E-state index is 13.0. The van der Waals surface area contributed by atoms with Crippen LogP contribution in [0.2, 0.25) is 0 Å². The Labute approximate surface area is 193 Å². The molecule has 0 radical (unpaired) electrons. The van der Waals surface area contributed by atoms with Crippen molar-refractivity contribution in [1.82, 2.24) is 15.2 Å². The van der Waals surface area contributed by atoms with E-state index < -0.39 is 17.6 Å². The molecule has 0 saturated carbocycles. The number of nitrogens with two attached hydrogens (primary N) is 1. The fourth-order valence-electron chi connectivity index (χ4n) is 4.62. The van der Waals surface area contributed by atoms with Crippen molar-refractivity contribution in [2.75, 3.05) is 11.1 Å². The van der Waals surface area contributed by atoms with Gasteiger partial charge >= 0.3 is 6.18 Å². The Morgan fingerprint density at radius 2 is 1.91 bits per heavy atom. The van der Waals surface area contributed by atoms with Gasteiger partial charge < -0.3 is 11.1 Å². The third-order valence-electron chi connectivity index (χ3n) is 6.25. The third kappa shape index (κ3) is 3.76. The summed E-state index contributed by atoms with van der Waals surface area (Å²) in [5.41, 5.74) is 11.0. The lowest BCUT2D eigenvalue weighted by atomic mass is 9.97. The zero-order chi connectivity index (χ0) is 24.2. The Hall–Kier alpha value is -3.88. The number of nitrogen functional groups attached to an aromatic ring is 1. The summed E-state index contributed by atoms with van der Waals surface area (Å²) in [7, 11) is 0. The number of carbonyl (C=O) groups excluding carboxylic acids is 1. The van der Waals surface area contributed by atoms with Crippen molar-refractivity contribution < 1.29 is 18.0 Å². The monoisotopic (exact) mass is 465 g/mol. The van der Waals surface area contributed by atoms with Crippen molar-refractivity contribution in [1.29, 1.82) is 0 Å². The van der Waals surface area contributed by atoms with Gasteiger partial charge in [-0.2, -0.15) is 18.3 Å². The van der Waals surface area contributed by atoms with E-state index in [4.69, 9.17) is 10.7 Å². The zero-order valence-electron chi connectivity index (χ0n) is 18.5. The van der Waals surface area contributed by atoms with Gasteiger partial charge in [0.1, 0.15) is 5.82 Å². The molecule has 34 heavy (non-hydrogen) atoms. The second-order valence-corrected chi connectivity index (χ2v) is 8.83. The molecule has 1 amide bonds. The molecule has 0 bridgehead atoms. The molecule has 1 atom stereocenters. The summed E-state index contributed by atoms with van der Waals surface area (Å²) in [4.78, 5) is 17.5. The first-order valence-electron chi connectivity index (χ1n) is 10.9. The van der Waals surface area contributed by atoms with Gasteiger partial charge in [0, 0.05) is 16.8 Å². The highest BCUT2D eigenvalue weighted by Gasteiger charge is 2.31. The number of aryl methyl sites for hydroxylation is 1. The maximum atomic E-state index is 13.0. The average Bonchev–Trinajstić information content (AvgIpc) is 3.36. The average molecular weight is 465 g/mol. The number of nitrogens with zero attached hydrogens (tertiary/aromatic N) is 2. The number of hydrogen-bond acceptors (Lipinski definition) is 4. The number of pyridine rings is 1. The molecule has 2 aromatic carbocycles. The molecule has 9 heteroatoms. The molecule has 0 aliphatic heterocycles. The highest BCUT2D eigenvalue weighted by molar-refractivity contribution is 6.04. The van der Waals surface area contributed by atoms with Gasteiger partial charge in [-0.3, -0.25) is 9.89 Å². The van der Waals surface area contributed by atoms with E-state index in [9.17, 15) is 18.0 Å². The second-order valence-electron chi connectivity index (χ2n) is 8.83. The van der Waals surface area contributed by atoms with E-state index in [1.807, 2.05) is 13.0 Å². The van der Waals surface area contributed by atoms with Crippen molar-refractivity contribution in [3.05, 3.63) is 70.3 Å². The highest BCUT2D eigenvalue weighted by Crippen LogP contribution is 2.40. The molecule has 2 aromatic heterocycles. The largest absolute Gasteiger partial charge is 0.416 e. The van der Waals surface area contributed by atoms with Crippen LogP contribution in [0.25, 0.3) is 22.3 Å². The van der Waals surface area contributed by atoms with Crippen LogP contribution >= 0.6 is 0 Å². The normalized spacial score (nSPS) is 15.5. The molecular weight excluding hydrogens is 443 g/mol. The van der Waals surface area contributed by atoms with E-state index >= 15 is 0 Å². The van der Waals surface area contributed by atoms with Gasteiger partial charge in [-0.05, 0) is 72.7 Å². The number of carbonyl (C=O) groups is 1. The smallest absolute Gasteiger partial charge is 0.384 e. The molecule has 0 fully saturated rings. The predicted octanol–water partition coefficient (Wildman–Crippen LogP) is 5.52. The number of halogens is 3. The molecule has 1 unspecified atom stereocenters. The van der Waals surface area contributed by atoms with Crippen molar-refractivity contribution in [2.24, 2.45) is 5.92 Å². The first-order valence-corrected chi connectivity index (χ1v) is 10.9. The quantitative estimate of drug-likeness (QED) is 0.371. The molecule has 2 heterocycles. The van der Waals surface area contributed by atoms with Crippen LogP contribution in [-0.2, 0) is 19.0 Å². The van der Waals surface area contributed by atoms with Gasteiger partial charge in [0.25, 0.3) is 5.91 Å². The molecule has 4 aromatic rings. The standard InChI is InChI=1S/C25H22F3N5O/c1-12-8-18-19(9-12)21(31-23-20(18)22(29)32-33-23)17-11-16(7-6-13(17)2)30-24(34)14-4-3-5-15(10-14)25(26,27)28/h3-7,10-12H,8-9H2,1-2H3,(H,30,34)(H3,29,31,32,33). The first-order chi connectivity index (χ1) is 16.1. The molecule has 4 N–H and O–H groups in total. The van der Waals surface area contributed by atoms with E-state index in [2.05, 4.69) is 22.4 Å². The first kappa shape index (κ1) is 21.9. The minimum absolute atomic E-state index is 0.0711. The van der Waals surface area contributed by atoms with Crippen LogP contribution in [0.15, 0.2) is 42.5 Å². The van der Waals surface area contributed by atoms with Crippen LogP contribution in [-0.4, -0.2) is 21.1 Å². The fourth-order valence-corrected chi connectivity index (χ4v) is 4.62. The highest BCUT2D eigenvalue weighted by atomic mass is 19.4. The Bertz CT molecular complexity index is 1440. The minimum Gasteiger partial charge on any atom is -0.384 e. The number of anilines is 2. The van der Waals surface area contributed by atoms with Crippen molar-refractivity contribution in [3.8, 4) is 11.3 Å². The van der Waals surface area contributed by atoms with Crippen molar-refractivity contribution >= 4 is 28.4 Å². The van der Waals surface area contributed by atoms with Gasteiger partial charge in [0.15, 0.2) is 5.65 Å². The van der Waals surface area contributed by atoms with E-state index in [1.54, 1.807) is 12.1 Å². The number of benzene rings is 2. The van der Waals surface area contributed by atoms with Crippen molar-refractivity contribution in [3.63, 3.8) is 0 Å². The Morgan fingerprint density at radius 1 is 1.15 bits per heavy atom. The number of alkyl halides is 3. The molecular formula is C25H22F3N5O. The zero-order valence-corrected chi connectivity index (χ0v) is 18.5. The molecule has 6 nitrogen and oxygen atoms in total. The number of aromatic nitrogens is 3. The maximum Gasteiger partial charge on any atom is 0.416 e. The summed E-state index contributed by atoms with van der Waals surface area (Å²) in [5.74, 6) is 0.306. The topological polar surface area (TPSA) is 96.7 Å². The summed E-state index contributed by atoms with van der Waals surface area (Å²) in [6, 6.07) is 9.73. The summed E-state index contributed by atoms with van der Waals surface area (Å²) in [6.45, 7) is 4.12.